The van der Waals surface area contributed by atoms with Crippen molar-refractivity contribution in [2.45, 2.75) is 51.7 Å². The van der Waals surface area contributed by atoms with E-state index in [1.54, 1.807) is 0 Å². The highest BCUT2D eigenvalue weighted by Crippen LogP contribution is 2.11. The molecule has 0 saturated heterocycles. The molecule has 0 fully saturated rings. The number of rotatable bonds is 5. The fourth-order valence-corrected chi connectivity index (χ4v) is 0.933. The molecule has 3 heteroatoms. The molecule has 0 aromatic heterocycles. The molecule has 3 N–H and O–H groups in total. The Labute approximate surface area is 81.3 Å². The standard InChI is InChI=1S/C10H23NO2/c1-9(2,3)13-7-5-6-10(4,11)8-12/h12H,5-8,11H2,1-4H3. The summed E-state index contributed by atoms with van der Waals surface area (Å²) in [5.74, 6) is 0. The van der Waals surface area contributed by atoms with Crippen LogP contribution in [0.15, 0.2) is 0 Å². The van der Waals surface area contributed by atoms with Gasteiger partial charge >= 0.3 is 0 Å². The Hall–Kier alpha value is -0.120. The second-order valence-electron chi connectivity index (χ2n) is 4.88. The van der Waals surface area contributed by atoms with E-state index in [2.05, 4.69) is 0 Å². The molecule has 0 amide bonds. The van der Waals surface area contributed by atoms with Gasteiger partial charge in [-0.25, -0.2) is 0 Å². The molecule has 1 atom stereocenters. The van der Waals surface area contributed by atoms with Gasteiger partial charge in [-0.05, 0) is 40.5 Å². The summed E-state index contributed by atoms with van der Waals surface area (Å²) < 4.78 is 5.53. The van der Waals surface area contributed by atoms with Crippen LogP contribution in [0.3, 0.4) is 0 Å². The van der Waals surface area contributed by atoms with Crippen molar-refractivity contribution >= 4 is 0 Å². The number of ether oxygens (including phenoxy) is 1. The molecule has 13 heavy (non-hydrogen) atoms. The molecule has 0 rings (SSSR count). The van der Waals surface area contributed by atoms with E-state index in [1.165, 1.54) is 0 Å². The molecule has 0 aliphatic heterocycles. The van der Waals surface area contributed by atoms with Crippen molar-refractivity contribution in [3.8, 4) is 0 Å². The molecule has 0 aromatic carbocycles. The van der Waals surface area contributed by atoms with E-state index in [0.717, 1.165) is 12.8 Å². The Kier molecular flexibility index (Phi) is 4.89. The van der Waals surface area contributed by atoms with E-state index in [0.29, 0.717) is 6.61 Å². The molecule has 0 bridgehead atoms. The number of aliphatic hydroxyl groups excluding tert-OH is 1. The van der Waals surface area contributed by atoms with Crippen molar-refractivity contribution in [2.24, 2.45) is 5.73 Å². The van der Waals surface area contributed by atoms with Gasteiger partial charge in [-0.15, -0.1) is 0 Å². The summed E-state index contributed by atoms with van der Waals surface area (Å²) in [6.45, 7) is 8.67. The third kappa shape index (κ3) is 8.22. The lowest BCUT2D eigenvalue weighted by Gasteiger charge is -2.23. The van der Waals surface area contributed by atoms with Gasteiger partial charge in [-0.2, -0.15) is 0 Å². The number of hydrogen-bond donors (Lipinski definition) is 2. The average molecular weight is 189 g/mol. The van der Waals surface area contributed by atoms with Crippen LogP contribution >= 0.6 is 0 Å². The van der Waals surface area contributed by atoms with Crippen molar-refractivity contribution in [1.29, 1.82) is 0 Å². The zero-order valence-electron chi connectivity index (χ0n) is 9.26. The fraction of sp³-hybridized carbons (Fsp3) is 1.00. The lowest BCUT2D eigenvalue weighted by Crippen LogP contribution is -2.40. The number of nitrogens with two attached hydrogens (primary N) is 1. The molecule has 0 radical (unpaired) electrons. The first-order valence-corrected chi connectivity index (χ1v) is 4.80. The van der Waals surface area contributed by atoms with Crippen molar-refractivity contribution < 1.29 is 9.84 Å². The van der Waals surface area contributed by atoms with Crippen molar-refractivity contribution in [3.63, 3.8) is 0 Å². The van der Waals surface area contributed by atoms with Crippen molar-refractivity contribution in [2.75, 3.05) is 13.2 Å². The third-order valence-corrected chi connectivity index (χ3v) is 1.79. The molecular weight excluding hydrogens is 166 g/mol. The van der Waals surface area contributed by atoms with E-state index in [-0.39, 0.29) is 12.2 Å². The highest BCUT2D eigenvalue weighted by molar-refractivity contribution is 4.76. The van der Waals surface area contributed by atoms with Crippen molar-refractivity contribution in [3.05, 3.63) is 0 Å². The molecule has 80 valence electrons. The van der Waals surface area contributed by atoms with Crippen LogP contribution in [-0.2, 0) is 4.74 Å². The van der Waals surface area contributed by atoms with Crippen LogP contribution in [0.5, 0.6) is 0 Å². The van der Waals surface area contributed by atoms with E-state index >= 15 is 0 Å². The molecule has 0 aliphatic carbocycles. The third-order valence-electron chi connectivity index (χ3n) is 1.79. The zero-order chi connectivity index (χ0) is 10.5. The number of aliphatic hydroxyl groups is 1. The van der Waals surface area contributed by atoms with Gasteiger partial charge < -0.3 is 15.6 Å². The lowest BCUT2D eigenvalue weighted by atomic mass is 9.99. The van der Waals surface area contributed by atoms with Gasteiger partial charge in [0.25, 0.3) is 0 Å². The summed E-state index contributed by atoms with van der Waals surface area (Å²) in [6, 6.07) is 0. The van der Waals surface area contributed by atoms with E-state index in [4.69, 9.17) is 15.6 Å². The summed E-state index contributed by atoms with van der Waals surface area (Å²) in [6.07, 6.45) is 1.68. The summed E-state index contributed by atoms with van der Waals surface area (Å²) in [7, 11) is 0. The Bertz CT molecular complexity index is 138. The Morgan fingerprint density at radius 3 is 2.15 bits per heavy atom. The van der Waals surface area contributed by atoms with Crippen LogP contribution in [0.2, 0.25) is 0 Å². The largest absolute Gasteiger partial charge is 0.394 e. The first-order valence-electron chi connectivity index (χ1n) is 4.80. The first kappa shape index (κ1) is 12.9. The fourth-order valence-electron chi connectivity index (χ4n) is 0.933. The lowest BCUT2D eigenvalue weighted by molar-refractivity contribution is -0.00708. The second kappa shape index (κ2) is 4.94. The SMILES string of the molecule is CC(N)(CO)CCCOC(C)(C)C. The second-order valence-corrected chi connectivity index (χ2v) is 4.88. The quantitative estimate of drug-likeness (QED) is 0.641. The minimum absolute atomic E-state index is 0.0303. The van der Waals surface area contributed by atoms with E-state index in [1.807, 2.05) is 27.7 Å². The van der Waals surface area contributed by atoms with Gasteiger partial charge in [0.15, 0.2) is 0 Å². The first-order chi connectivity index (χ1) is 5.77. The Morgan fingerprint density at radius 2 is 1.77 bits per heavy atom. The van der Waals surface area contributed by atoms with Gasteiger partial charge in [0.1, 0.15) is 0 Å². The van der Waals surface area contributed by atoms with Gasteiger partial charge in [0.2, 0.25) is 0 Å². The molecule has 0 heterocycles. The summed E-state index contributed by atoms with van der Waals surface area (Å²) in [5, 5.41) is 8.89. The highest BCUT2D eigenvalue weighted by Gasteiger charge is 2.17. The van der Waals surface area contributed by atoms with Gasteiger partial charge in [0.05, 0.1) is 12.2 Å². The van der Waals surface area contributed by atoms with Crippen LogP contribution < -0.4 is 5.73 Å². The Morgan fingerprint density at radius 1 is 1.23 bits per heavy atom. The zero-order valence-corrected chi connectivity index (χ0v) is 9.26. The average Bonchev–Trinajstić information content (AvgIpc) is 1.97. The predicted molar refractivity (Wildman–Crippen MR) is 54.6 cm³/mol. The minimum Gasteiger partial charge on any atom is -0.394 e. The summed E-state index contributed by atoms with van der Waals surface area (Å²) >= 11 is 0. The Balaban J connectivity index is 3.47. The van der Waals surface area contributed by atoms with Crippen LogP contribution in [-0.4, -0.2) is 29.5 Å². The van der Waals surface area contributed by atoms with Crippen LogP contribution in [0, 0.1) is 0 Å². The minimum atomic E-state index is -0.457. The summed E-state index contributed by atoms with van der Waals surface area (Å²) in [4.78, 5) is 0. The van der Waals surface area contributed by atoms with Gasteiger partial charge in [-0.3, -0.25) is 0 Å². The monoisotopic (exact) mass is 189 g/mol. The summed E-state index contributed by atoms with van der Waals surface area (Å²) in [5.41, 5.74) is 5.22. The molecule has 0 aromatic rings. The van der Waals surface area contributed by atoms with Gasteiger partial charge in [0, 0.05) is 12.1 Å². The van der Waals surface area contributed by atoms with Gasteiger partial charge in [-0.1, -0.05) is 0 Å². The predicted octanol–water partition coefficient (Wildman–Crippen LogP) is 1.29. The highest BCUT2D eigenvalue weighted by atomic mass is 16.5. The van der Waals surface area contributed by atoms with Crippen LogP contribution in [0.4, 0.5) is 0 Å². The molecule has 0 spiro atoms. The maximum absolute atomic E-state index is 8.89. The topological polar surface area (TPSA) is 55.5 Å². The molecule has 0 aliphatic rings. The maximum Gasteiger partial charge on any atom is 0.0608 e. The van der Waals surface area contributed by atoms with Crippen LogP contribution in [0.25, 0.3) is 0 Å². The van der Waals surface area contributed by atoms with E-state index in [9.17, 15) is 0 Å². The smallest absolute Gasteiger partial charge is 0.0608 e. The molecule has 0 saturated carbocycles. The van der Waals surface area contributed by atoms with Crippen molar-refractivity contribution in [1.82, 2.24) is 0 Å². The number of hydrogen-bond acceptors (Lipinski definition) is 3. The molecular formula is C10H23NO2. The molecule has 1 unspecified atom stereocenters. The van der Waals surface area contributed by atoms with Crippen LogP contribution in [0.1, 0.15) is 40.5 Å². The maximum atomic E-state index is 8.89. The van der Waals surface area contributed by atoms with E-state index < -0.39 is 5.54 Å². The normalized spacial score (nSPS) is 17.1. The molecule has 3 nitrogen and oxygen atoms in total.